The topological polar surface area (TPSA) is 138 Å². The minimum absolute atomic E-state index is 0.0624. The summed E-state index contributed by atoms with van der Waals surface area (Å²) in [5.74, 6) is -0.0815. The molecule has 6 rings (SSSR count). The number of esters is 1. The number of nitrogens with one attached hydrogen (secondary N) is 1. The number of ether oxygens (including phenoxy) is 2. The molecule has 0 saturated heterocycles. The van der Waals surface area contributed by atoms with Crippen LogP contribution in [0.5, 0.6) is 5.75 Å². The van der Waals surface area contributed by atoms with Crippen LogP contribution in [0.3, 0.4) is 0 Å². The van der Waals surface area contributed by atoms with Crippen LogP contribution in [0.15, 0.2) is 41.0 Å². The van der Waals surface area contributed by atoms with Crippen molar-refractivity contribution in [1.29, 1.82) is 0 Å². The smallest absolute Gasteiger partial charge is 0.331 e. The van der Waals surface area contributed by atoms with Gasteiger partial charge in [0.25, 0.3) is 5.91 Å². The average Bonchev–Trinajstić information content (AvgIpc) is 3.48. The molecule has 9 heteroatoms. The molecule has 4 N–H and O–H groups in total. The highest BCUT2D eigenvalue weighted by Gasteiger charge is 2.71. The molecule has 4 saturated carbocycles. The van der Waals surface area contributed by atoms with Gasteiger partial charge in [0.1, 0.15) is 12.4 Å². The molecule has 1 aromatic carbocycles. The van der Waals surface area contributed by atoms with Crippen molar-refractivity contribution in [3.05, 3.63) is 41.5 Å². The van der Waals surface area contributed by atoms with E-state index in [1.54, 1.807) is 43.7 Å². The number of hydrogen-bond acceptors (Lipinski definition) is 8. The monoisotopic (exact) mass is 552 g/mol. The highest BCUT2D eigenvalue weighted by molar-refractivity contribution is 5.94. The van der Waals surface area contributed by atoms with Gasteiger partial charge in [-0.2, -0.15) is 5.10 Å². The Kier molecular flexibility index (Phi) is 6.63. The molecule has 40 heavy (non-hydrogen) atoms. The number of aliphatic hydroxyl groups is 3. The summed E-state index contributed by atoms with van der Waals surface area (Å²) in [4.78, 5) is 24.7. The lowest BCUT2D eigenvalue weighted by Crippen LogP contribution is -2.68. The predicted octanol–water partition coefficient (Wildman–Crippen LogP) is 3.12. The fraction of sp³-hybridized carbons (Fsp3) is 0.645. The molecule has 1 amide bonds. The van der Waals surface area contributed by atoms with Gasteiger partial charge in [0.05, 0.1) is 24.4 Å². The van der Waals surface area contributed by atoms with Crippen molar-refractivity contribution in [2.75, 3.05) is 13.7 Å². The maximum absolute atomic E-state index is 12.8. The minimum atomic E-state index is -1.18. The summed E-state index contributed by atoms with van der Waals surface area (Å²) >= 11 is 0. The molecule has 1 heterocycles. The van der Waals surface area contributed by atoms with E-state index in [4.69, 9.17) is 9.47 Å². The molecule has 0 spiro atoms. The number of aliphatic hydroxyl groups excluding tert-OH is 1. The van der Waals surface area contributed by atoms with Gasteiger partial charge < -0.3 is 24.8 Å². The van der Waals surface area contributed by atoms with Crippen molar-refractivity contribution >= 4 is 18.1 Å². The van der Waals surface area contributed by atoms with E-state index in [2.05, 4.69) is 17.5 Å². The number of nitrogens with zero attached hydrogens (tertiary/aromatic N) is 1. The average molecular weight is 553 g/mol. The van der Waals surface area contributed by atoms with E-state index in [0.29, 0.717) is 50.0 Å². The molecule has 216 valence electrons. The van der Waals surface area contributed by atoms with Crippen LogP contribution in [-0.2, 0) is 9.53 Å². The first-order valence-electron chi connectivity index (χ1n) is 14.5. The van der Waals surface area contributed by atoms with Crippen LogP contribution in [-0.4, -0.2) is 64.4 Å². The Morgan fingerprint density at radius 2 is 1.82 bits per heavy atom. The van der Waals surface area contributed by atoms with Gasteiger partial charge in [-0.1, -0.05) is 6.92 Å². The third-order valence-corrected chi connectivity index (χ3v) is 11.5. The van der Waals surface area contributed by atoms with Gasteiger partial charge >= 0.3 is 5.97 Å². The molecule has 4 aliphatic carbocycles. The number of cyclic esters (lactones) is 1. The Morgan fingerprint density at radius 1 is 1.07 bits per heavy atom. The van der Waals surface area contributed by atoms with Gasteiger partial charge in [-0.25, -0.2) is 10.2 Å². The third-order valence-electron chi connectivity index (χ3n) is 11.5. The number of fused-ring (bicyclic) bond motifs is 5. The number of carbonyl (C=O) groups excluding carboxylic acids is 2. The lowest BCUT2D eigenvalue weighted by Gasteiger charge is -2.65. The van der Waals surface area contributed by atoms with Crippen LogP contribution < -0.4 is 10.2 Å². The highest BCUT2D eigenvalue weighted by atomic mass is 16.5. The summed E-state index contributed by atoms with van der Waals surface area (Å²) in [6.07, 6.45) is 8.06. The maximum atomic E-state index is 12.8. The minimum Gasteiger partial charge on any atom is -0.497 e. The van der Waals surface area contributed by atoms with Gasteiger partial charge in [0.2, 0.25) is 0 Å². The highest BCUT2D eigenvalue weighted by Crippen LogP contribution is 2.70. The largest absolute Gasteiger partial charge is 0.497 e. The Labute approximate surface area is 234 Å². The Morgan fingerprint density at radius 3 is 2.52 bits per heavy atom. The van der Waals surface area contributed by atoms with Gasteiger partial charge in [0.15, 0.2) is 0 Å². The van der Waals surface area contributed by atoms with E-state index < -0.39 is 28.1 Å². The lowest BCUT2D eigenvalue weighted by molar-refractivity contribution is -0.237. The van der Waals surface area contributed by atoms with Crippen molar-refractivity contribution in [3.8, 4) is 5.75 Å². The Balaban J connectivity index is 1.30. The second-order valence-electron chi connectivity index (χ2n) is 12.9. The van der Waals surface area contributed by atoms with Crippen LogP contribution in [0.2, 0.25) is 0 Å². The number of hydrazone groups is 1. The molecule has 0 radical (unpaired) electrons. The van der Waals surface area contributed by atoms with Crippen molar-refractivity contribution in [2.45, 2.75) is 82.0 Å². The van der Waals surface area contributed by atoms with E-state index in [9.17, 15) is 24.9 Å². The molecule has 1 aliphatic heterocycles. The summed E-state index contributed by atoms with van der Waals surface area (Å²) < 4.78 is 10.4. The van der Waals surface area contributed by atoms with Crippen LogP contribution >= 0.6 is 0 Å². The van der Waals surface area contributed by atoms with Crippen molar-refractivity contribution in [2.24, 2.45) is 33.7 Å². The number of methoxy groups -OCH3 is 1. The van der Waals surface area contributed by atoms with Crippen LogP contribution in [0.4, 0.5) is 0 Å². The summed E-state index contributed by atoms with van der Waals surface area (Å²) in [5, 5.41) is 39.6. The van der Waals surface area contributed by atoms with Gasteiger partial charge in [-0.15, -0.1) is 0 Å². The second kappa shape index (κ2) is 9.67. The molecular formula is C31H40N2O7. The molecular weight excluding hydrogens is 512 g/mol. The molecule has 5 aliphatic rings. The van der Waals surface area contributed by atoms with E-state index in [0.717, 1.165) is 24.8 Å². The summed E-state index contributed by atoms with van der Waals surface area (Å²) in [5.41, 5.74) is 0.729. The van der Waals surface area contributed by atoms with E-state index in [-0.39, 0.29) is 36.1 Å². The van der Waals surface area contributed by atoms with Gasteiger partial charge in [-0.05, 0) is 99.0 Å². The molecule has 0 aromatic heterocycles. The molecule has 8 atom stereocenters. The SMILES string of the molecule is COc1ccc(C(=O)N/N=C\[C@]23CC[C@@H](O)C[C@]2(O)CC[C@@H]2[C@@H]3CC[C@]3(C)[C@@H](C4=CC(=O)OC4)CC[C@@]23O)cc1. The zero-order valence-corrected chi connectivity index (χ0v) is 23.3. The summed E-state index contributed by atoms with van der Waals surface area (Å²) in [7, 11) is 1.57. The fourth-order valence-electron chi connectivity index (χ4n) is 9.37. The molecule has 0 bridgehead atoms. The number of benzene rings is 1. The zero-order valence-electron chi connectivity index (χ0n) is 23.3. The van der Waals surface area contributed by atoms with E-state index >= 15 is 0 Å². The standard InChI is InChI=1S/C31H40N2O7/c1-28-11-8-24-25(31(28,38)14-10-23(28)20-15-26(35)40-17-20)9-13-30(37)16-21(34)7-12-29(24,30)18-32-33-27(36)19-3-5-22(39-2)6-4-19/h3-6,15,18,21,23-25,34,37-38H,7-14,16-17H2,1-2H3,(H,33,36)/b32-18-/t21-,23-,24+,25-,28-,29+,30-,31-/m1/s1. The van der Waals surface area contributed by atoms with Crippen LogP contribution in [0, 0.1) is 28.6 Å². The van der Waals surface area contributed by atoms with Crippen molar-refractivity contribution in [3.63, 3.8) is 0 Å². The molecule has 9 nitrogen and oxygen atoms in total. The maximum Gasteiger partial charge on any atom is 0.331 e. The summed E-state index contributed by atoms with van der Waals surface area (Å²) in [6.45, 7) is 2.46. The number of hydrogen-bond donors (Lipinski definition) is 4. The normalized spacial score (nSPS) is 42.4. The Hall–Kier alpha value is -2.75. The Bertz CT molecular complexity index is 1250. The van der Waals surface area contributed by atoms with Crippen LogP contribution in [0.1, 0.15) is 75.1 Å². The first-order chi connectivity index (χ1) is 19.1. The van der Waals surface area contributed by atoms with Crippen LogP contribution in [0.25, 0.3) is 0 Å². The summed E-state index contributed by atoms with van der Waals surface area (Å²) in [6, 6.07) is 6.75. The van der Waals surface area contributed by atoms with E-state index in [1.165, 1.54) is 0 Å². The van der Waals surface area contributed by atoms with Gasteiger partial charge in [0, 0.05) is 35.1 Å². The first kappa shape index (κ1) is 27.4. The van der Waals surface area contributed by atoms with Gasteiger partial charge in [-0.3, -0.25) is 4.79 Å². The van der Waals surface area contributed by atoms with Crippen molar-refractivity contribution in [1.82, 2.24) is 5.43 Å². The molecule has 1 aromatic rings. The fourth-order valence-corrected chi connectivity index (χ4v) is 9.37. The van der Waals surface area contributed by atoms with Crippen molar-refractivity contribution < 1.29 is 34.4 Å². The number of amides is 1. The first-order valence-corrected chi connectivity index (χ1v) is 14.5. The second-order valence-corrected chi connectivity index (χ2v) is 12.9. The zero-order chi connectivity index (χ0) is 28.3. The molecule has 4 fully saturated rings. The van der Waals surface area contributed by atoms with E-state index in [1.807, 2.05) is 0 Å². The number of rotatable bonds is 5. The third kappa shape index (κ3) is 3.96. The quantitative estimate of drug-likeness (QED) is 0.250. The number of carbonyl (C=O) groups is 2. The lowest BCUT2D eigenvalue weighted by atomic mass is 9.41. The predicted molar refractivity (Wildman–Crippen MR) is 146 cm³/mol. The molecule has 0 unspecified atom stereocenters.